The molecule has 0 bridgehead atoms. The lowest BCUT2D eigenvalue weighted by molar-refractivity contribution is 0.0301. The second kappa shape index (κ2) is 16.4. The molecule has 4 heterocycles. The van der Waals surface area contributed by atoms with E-state index >= 15 is 8.78 Å². The molecule has 2 aliphatic rings. The first-order chi connectivity index (χ1) is 22.9. The fraction of sp³-hybridized carbons (Fsp3) is 0.514. The number of nitrogen functional groups attached to an aromatic ring is 1. The third-order valence-corrected chi connectivity index (χ3v) is 9.86. The molecule has 0 aliphatic carbocycles. The number of thiophene rings is 1. The average Bonchev–Trinajstić information content (AvgIpc) is 3.85. The minimum absolute atomic E-state index is 0.155. The van der Waals surface area contributed by atoms with Crippen molar-refractivity contribution < 1.29 is 18.6 Å². The van der Waals surface area contributed by atoms with E-state index in [9.17, 15) is 10.4 Å². The second-order valence-corrected chi connectivity index (χ2v) is 13.2. The van der Waals surface area contributed by atoms with Crippen molar-refractivity contribution in [1.29, 1.82) is 5.26 Å². The number of fused-ring (bicyclic) bond motifs is 3. The summed E-state index contributed by atoms with van der Waals surface area (Å²) >= 11 is 1.00. The molecule has 2 aliphatic heterocycles. The van der Waals surface area contributed by atoms with Crippen LogP contribution in [-0.2, 0) is 18.0 Å². The lowest BCUT2D eigenvalue weighted by Gasteiger charge is -2.35. The van der Waals surface area contributed by atoms with Crippen LogP contribution in [0.25, 0.3) is 22.3 Å². The van der Waals surface area contributed by atoms with E-state index in [1.807, 2.05) is 20.8 Å². The maximum atomic E-state index is 16.7. The van der Waals surface area contributed by atoms with Crippen LogP contribution in [0.4, 0.5) is 19.7 Å². The maximum absolute atomic E-state index is 16.7. The molecule has 8 nitrogen and oxygen atoms in total. The molecule has 0 atom stereocenters. The fourth-order valence-electron chi connectivity index (χ4n) is 6.15. The van der Waals surface area contributed by atoms with Gasteiger partial charge in [-0.15, -0.1) is 11.3 Å². The van der Waals surface area contributed by atoms with Crippen LogP contribution in [0.1, 0.15) is 106 Å². The Morgan fingerprint density at radius 2 is 1.88 bits per heavy atom. The van der Waals surface area contributed by atoms with Crippen molar-refractivity contribution in [2.75, 3.05) is 36.8 Å². The molecule has 5 rings (SSSR count). The van der Waals surface area contributed by atoms with Crippen molar-refractivity contribution >= 4 is 60.3 Å². The number of hydrogen-bond donors (Lipinski definition) is 2. The summed E-state index contributed by atoms with van der Waals surface area (Å²) in [7, 11) is 10.7. The summed E-state index contributed by atoms with van der Waals surface area (Å²) in [6.07, 6.45) is 8.71. The SMILES string of the molecule is C/C=C(/F)c1sc(N)c(C#N)c1/C(=C(\C)CC)c1c2c(c3cnc(N4CCCC4)nc3c1F)COC2.[B]C([B])(O)N(CCC)CCCC. The van der Waals surface area contributed by atoms with E-state index < -0.39 is 17.2 Å². The molecule has 252 valence electrons. The highest BCUT2D eigenvalue weighted by Gasteiger charge is 2.33. The van der Waals surface area contributed by atoms with Crippen molar-refractivity contribution in [3.63, 3.8) is 0 Å². The normalized spacial score (nSPS) is 15.4. The van der Waals surface area contributed by atoms with Gasteiger partial charge in [-0.05, 0) is 75.7 Å². The average molecular weight is 672 g/mol. The number of benzene rings is 1. The van der Waals surface area contributed by atoms with Crippen molar-refractivity contribution in [3.8, 4) is 6.07 Å². The predicted molar refractivity (Wildman–Crippen MR) is 193 cm³/mol. The van der Waals surface area contributed by atoms with Crippen LogP contribution in [0.2, 0.25) is 0 Å². The second-order valence-electron chi connectivity index (χ2n) is 12.2. The van der Waals surface area contributed by atoms with E-state index in [-0.39, 0.29) is 27.6 Å². The minimum atomic E-state index is -1.65. The van der Waals surface area contributed by atoms with Gasteiger partial charge in [-0.25, -0.2) is 18.7 Å². The van der Waals surface area contributed by atoms with Gasteiger partial charge in [0, 0.05) is 41.3 Å². The molecule has 4 radical (unpaired) electrons. The van der Waals surface area contributed by atoms with Crippen LogP contribution >= 0.6 is 11.3 Å². The number of allylic oxidation sites excluding steroid dienone is 2. The zero-order chi connectivity index (χ0) is 35.2. The highest BCUT2D eigenvalue weighted by molar-refractivity contribution is 7.17. The first kappa shape index (κ1) is 37.5. The van der Waals surface area contributed by atoms with Gasteiger partial charge in [0.05, 0.1) is 23.7 Å². The Balaban J connectivity index is 0.000000371. The highest BCUT2D eigenvalue weighted by Crippen LogP contribution is 2.47. The third kappa shape index (κ3) is 7.78. The van der Waals surface area contributed by atoms with Crippen LogP contribution < -0.4 is 10.6 Å². The quantitative estimate of drug-likeness (QED) is 0.167. The summed E-state index contributed by atoms with van der Waals surface area (Å²) in [5.41, 5.74) is 8.33. The molecule has 2 aromatic heterocycles. The van der Waals surface area contributed by atoms with Gasteiger partial charge in [-0.1, -0.05) is 38.8 Å². The lowest BCUT2D eigenvalue weighted by atomic mass is 9.71. The van der Waals surface area contributed by atoms with Gasteiger partial charge in [0.1, 0.15) is 38.1 Å². The fourth-order valence-corrected chi connectivity index (χ4v) is 7.14. The molecule has 48 heavy (non-hydrogen) atoms. The number of hydrogen-bond acceptors (Lipinski definition) is 9. The van der Waals surface area contributed by atoms with Crippen LogP contribution in [0, 0.1) is 17.1 Å². The molecule has 0 unspecified atom stereocenters. The molecule has 0 saturated carbocycles. The predicted octanol–water partition coefficient (Wildman–Crippen LogP) is 6.92. The van der Waals surface area contributed by atoms with Crippen molar-refractivity contribution in [2.45, 2.75) is 91.9 Å². The smallest absolute Gasteiger partial charge is 0.225 e. The number of ether oxygens (including phenoxy) is 1. The standard InChI is InChI=1S/C27H27F2N5OS.C8H17B2NO/c1-4-14(3)20(22-15(10-30)26(31)36-25(22)19(28)5-2)21-18-13-35-12-17(18)16-11-32-27(33-24(16)23(21)29)34-8-6-7-9-34;1-3-5-7-11(6-4-2)8(9,10)12/h5,11H,4,6-9,12-13,31H2,1-3H3;12H,3-7H2,1-2H3/b19-5+,20-14+;. The molecule has 0 amide bonds. The summed E-state index contributed by atoms with van der Waals surface area (Å²) in [6, 6.07) is 2.13. The number of unbranched alkanes of at least 4 members (excludes halogenated alkanes) is 1. The Kier molecular flexibility index (Phi) is 12.8. The van der Waals surface area contributed by atoms with E-state index in [4.69, 9.17) is 26.2 Å². The van der Waals surface area contributed by atoms with E-state index in [2.05, 4.69) is 27.9 Å². The molecule has 3 aromatic rings. The third-order valence-electron chi connectivity index (χ3n) is 8.83. The summed E-state index contributed by atoms with van der Waals surface area (Å²) in [5, 5.41) is 20.1. The van der Waals surface area contributed by atoms with E-state index in [1.54, 1.807) is 18.0 Å². The lowest BCUT2D eigenvalue weighted by Crippen LogP contribution is -2.50. The number of aliphatic hydroxyl groups is 1. The molecule has 0 spiro atoms. The van der Waals surface area contributed by atoms with Gasteiger partial charge in [0.2, 0.25) is 5.95 Å². The van der Waals surface area contributed by atoms with Gasteiger partial charge in [0.25, 0.3) is 0 Å². The van der Waals surface area contributed by atoms with E-state index in [1.165, 1.54) is 6.08 Å². The molecule has 1 aromatic carbocycles. The molecular weight excluding hydrogens is 628 g/mol. The van der Waals surface area contributed by atoms with Gasteiger partial charge in [0.15, 0.2) is 5.82 Å². The van der Waals surface area contributed by atoms with Gasteiger partial charge in [-0.3, -0.25) is 4.90 Å². The topological polar surface area (TPSA) is 112 Å². The van der Waals surface area contributed by atoms with Gasteiger partial charge >= 0.3 is 0 Å². The van der Waals surface area contributed by atoms with Crippen LogP contribution in [0.3, 0.4) is 0 Å². The number of nitriles is 1. The number of aromatic nitrogens is 2. The number of nitrogens with two attached hydrogens (primary N) is 1. The molecule has 13 heteroatoms. The Hall–Kier alpha value is -3.30. The molecular formula is C35H44B2F2N6O2S. The number of nitrogens with zero attached hydrogens (tertiary/aromatic N) is 5. The maximum Gasteiger partial charge on any atom is 0.225 e. The summed E-state index contributed by atoms with van der Waals surface area (Å²) < 4.78 is 37.5. The van der Waals surface area contributed by atoms with Crippen molar-refractivity contribution in [3.05, 3.63) is 56.4 Å². The highest BCUT2D eigenvalue weighted by atomic mass is 32.1. The van der Waals surface area contributed by atoms with E-state index in [0.29, 0.717) is 46.6 Å². The van der Waals surface area contributed by atoms with Crippen molar-refractivity contribution in [2.24, 2.45) is 0 Å². The number of halogens is 2. The Morgan fingerprint density at radius 3 is 2.46 bits per heavy atom. The first-order valence-corrected chi connectivity index (χ1v) is 17.5. The van der Waals surface area contributed by atoms with Crippen LogP contribution in [-0.4, -0.2) is 67.4 Å². The van der Waals surface area contributed by atoms with Crippen molar-refractivity contribution in [1.82, 2.24) is 14.9 Å². The first-order valence-electron chi connectivity index (χ1n) is 16.7. The summed E-state index contributed by atoms with van der Waals surface area (Å²) in [6.45, 7) is 13.2. The summed E-state index contributed by atoms with van der Waals surface area (Å²) in [4.78, 5) is 13.2. The van der Waals surface area contributed by atoms with Gasteiger partial charge in [-0.2, -0.15) is 5.26 Å². The monoisotopic (exact) mass is 672 g/mol. The number of rotatable bonds is 11. The zero-order valence-electron chi connectivity index (χ0n) is 28.6. The molecule has 3 N–H and O–H groups in total. The summed E-state index contributed by atoms with van der Waals surface area (Å²) in [5.74, 6) is -0.516. The Bertz CT molecular complexity index is 1720. The van der Waals surface area contributed by atoms with Crippen LogP contribution in [0.15, 0.2) is 17.8 Å². The van der Waals surface area contributed by atoms with E-state index in [0.717, 1.165) is 80.8 Å². The molecule has 1 saturated heterocycles. The Labute approximate surface area is 289 Å². The minimum Gasteiger partial charge on any atom is -0.395 e. The Morgan fingerprint density at radius 1 is 1.19 bits per heavy atom. The number of anilines is 2. The zero-order valence-corrected chi connectivity index (χ0v) is 29.4. The van der Waals surface area contributed by atoms with Crippen LogP contribution in [0.5, 0.6) is 0 Å². The molecule has 1 fully saturated rings. The largest absolute Gasteiger partial charge is 0.395 e. The van der Waals surface area contributed by atoms with Gasteiger partial charge < -0.3 is 20.5 Å².